The second-order valence-electron chi connectivity index (χ2n) is 2.73. The SMILES string of the molecule is [2H]c1noc2cc(C)c(C)cc12. The molecule has 0 unspecified atom stereocenters. The highest BCUT2D eigenvalue weighted by Crippen LogP contribution is 2.17. The molecule has 2 nitrogen and oxygen atoms in total. The first-order chi connectivity index (χ1) is 5.68. The molecule has 11 heavy (non-hydrogen) atoms. The molecule has 0 fully saturated rings. The lowest BCUT2D eigenvalue weighted by Crippen LogP contribution is -1.77. The average molecular weight is 148 g/mol. The van der Waals surface area contributed by atoms with Crippen molar-refractivity contribution in [3.8, 4) is 0 Å². The zero-order valence-electron chi connectivity index (χ0n) is 7.51. The summed E-state index contributed by atoms with van der Waals surface area (Å²) >= 11 is 0. The predicted molar refractivity (Wildman–Crippen MR) is 43.5 cm³/mol. The summed E-state index contributed by atoms with van der Waals surface area (Å²) in [5.74, 6) is 0. The van der Waals surface area contributed by atoms with Crippen molar-refractivity contribution in [2.75, 3.05) is 0 Å². The molecule has 1 aromatic heterocycles. The van der Waals surface area contributed by atoms with Gasteiger partial charge in [-0.1, -0.05) is 5.16 Å². The van der Waals surface area contributed by atoms with E-state index in [2.05, 4.69) is 5.16 Å². The van der Waals surface area contributed by atoms with Gasteiger partial charge in [-0.15, -0.1) is 0 Å². The molecule has 0 aliphatic heterocycles. The number of rotatable bonds is 0. The van der Waals surface area contributed by atoms with Crippen LogP contribution >= 0.6 is 0 Å². The van der Waals surface area contributed by atoms with Crippen molar-refractivity contribution in [1.82, 2.24) is 5.16 Å². The molecule has 0 saturated heterocycles. The van der Waals surface area contributed by atoms with Gasteiger partial charge in [0.1, 0.15) is 0 Å². The highest BCUT2D eigenvalue weighted by Gasteiger charge is 1.99. The fourth-order valence-electron chi connectivity index (χ4n) is 1.07. The smallest absolute Gasteiger partial charge is 0.167 e. The van der Waals surface area contributed by atoms with E-state index in [4.69, 9.17) is 5.89 Å². The molecule has 0 aliphatic rings. The molecule has 56 valence electrons. The quantitative estimate of drug-likeness (QED) is 0.573. The van der Waals surface area contributed by atoms with Gasteiger partial charge in [-0.05, 0) is 37.1 Å². The second-order valence-corrected chi connectivity index (χ2v) is 2.73. The second kappa shape index (κ2) is 2.09. The molecule has 0 radical (unpaired) electrons. The summed E-state index contributed by atoms with van der Waals surface area (Å²) in [5.41, 5.74) is 3.03. The Labute approximate surface area is 66.2 Å². The standard InChI is InChI=1S/C9H9NO/c1-6-3-8-5-10-11-9(8)4-7(6)2/h3-5H,1-2H3/i5D. The predicted octanol–water partition coefficient (Wildman–Crippen LogP) is 2.44. The first-order valence-corrected chi connectivity index (χ1v) is 3.52. The van der Waals surface area contributed by atoms with Gasteiger partial charge < -0.3 is 4.52 Å². The van der Waals surface area contributed by atoms with E-state index in [1.807, 2.05) is 26.0 Å². The van der Waals surface area contributed by atoms with Crippen LogP contribution in [-0.4, -0.2) is 5.16 Å². The molecular weight excluding hydrogens is 138 g/mol. The Bertz CT molecular complexity index is 433. The van der Waals surface area contributed by atoms with E-state index in [0.29, 0.717) is 5.58 Å². The Morgan fingerprint density at radius 1 is 1.36 bits per heavy atom. The van der Waals surface area contributed by atoms with Crippen molar-refractivity contribution in [2.24, 2.45) is 0 Å². The summed E-state index contributed by atoms with van der Waals surface area (Å²) in [6.07, 6.45) is 0.216. The maximum absolute atomic E-state index is 7.41. The van der Waals surface area contributed by atoms with Gasteiger partial charge in [-0.25, -0.2) is 0 Å². The monoisotopic (exact) mass is 148 g/mol. The largest absolute Gasteiger partial charge is 0.356 e. The van der Waals surface area contributed by atoms with Crippen LogP contribution in [0, 0.1) is 13.8 Å². The van der Waals surface area contributed by atoms with Crippen LogP contribution in [0.1, 0.15) is 12.5 Å². The van der Waals surface area contributed by atoms with Crippen LogP contribution in [0.15, 0.2) is 22.8 Å². The maximum atomic E-state index is 7.41. The Morgan fingerprint density at radius 3 is 2.91 bits per heavy atom. The highest BCUT2D eigenvalue weighted by molar-refractivity contribution is 5.77. The van der Waals surface area contributed by atoms with Crippen molar-refractivity contribution in [3.05, 3.63) is 29.4 Å². The van der Waals surface area contributed by atoms with E-state index in [0.717, 1.165) is 5.39 Å². The molecule has 0 spiro atoms. The Hall–Kier alpha value is -1.31. The third-order valence-corrected chi connectivity index (χ3v) is 1.91. The van der Waals surface area contributed by atoms with Crippen molar-refractivity contribution in [3.63, 3.8) is 0 Å². The molecule has 2 aromatic rings. The van der Waals surface area contributed by atoms with Crippen molar-refractivity contribution in [2.45, 2.75) is 13.8 Å². The molecule has 2 heteroatoms. The number of nitrogens with zero attached hydrogens (tertiary/aromatic N) is 1. The lowest BCUT2D eigenvalue weighted by atomic mass is 10.1. The molecule has 0 saturated carbocycles. The van der Waals surface area contributed by atoms with Gasteiger partial charge in [-0.2, -0.15) is 0 Å². The zero-order valence-corrected chi connectivity index (χ0v) is 6.51. The van der Waals surface area contributed by atoms with E-state index >= 15 is 0 Å². The van der Waals surface area contributed by atoms with E-state index < -0.39 is 0 Å². The van der Waals surface area contributed by atoms with E-state index in [1.54, 1.807) is 0 Å². The molecule has 1 heterocycles. The fourth-order valence-corrected chi connectivity index (χ4v) is 1.07. The molecule has 0 bridgehead atoms. The maximum Gasteiger partial charge on any atom is 0.167 e. The zero-order chi connectivity index (χ0) is 8.72. The van der Waals surface area contributed by atoms with Gasteiger partial charge in [0, 0.05) is 5.39 Å². The Balaban J connectivity index is 2.87. The third kappa shape index (κ3) is 0.909. The van der Waals surface area contributed by atoms with Crippen LogP contribution in [0.3, 0.4) is 0 Å². The Kier molecular flexibility index (Phi) is 1.02. The molecular formula is C9H9NO. The molecule has 0 aliphatic carbocycles. The topological polar surface area (TPSA) is 26.0 Å². The van der Waals surface area contributed by atoms with E-state index in [-0.39, 0.29) is 6.17 Å². The van der Waals surface area contributed by atoms with Crippen LogP contribution in [0.5, 0.6) is 0 Å². The van der Waals surface area contributed by atoms with Crippen LogP contribution in [0.2, 0.25) is 0 Å². The summed E-state index contributed by atoms with van der Waals surface area (Å²) < 4.78 is 12.4. The number of benzene rings is 1. The van der Waals surface area contributed by atoms with Crippen LogP contribution in [0.25, 0.3) is 11.0 Å². The van der Waals surface area contributed by atoms with Gasteiger partial charge in [0.2, 0.25) is 0 Å². The molecule has 0 atom stereocenters. The number of hydrogen-bond acceptors (Lipinski definition) is 2. The highest BCUT2D eigenvalue weighted by atomic mass is 16.5. The fraction of sp³-hybridized carbons (Fsp3) is 0.222. The molecule has 0 N–H and O–H groups in total. The average Bonchev–Trinajstić information content (AvgIpc) is 2.35. The van der Waals surface area contributed by atoms with Crippen molar-refractivity contribution < 1.29 is 5.89 Å². The first-order valence-electron chi connectivity index (χ1n) is 4.02. The van der Waals surface area contributed by atoms with Crippen LogP contribution < -0.4 is 0 Å². The van der Waals surface area contributed by atoms with Gasteiger partial charge in [0.05, 0.1) is 7.54 Å². The Morgan fingerprint density at radius 2 is 2.09 bits per heavy atom. The van der Waals surface area contributed by atoms with Crippen LogP contribution in [0.4, 0.5) is 0 Å². The lowest BCUT2D eigenvalue weighted by molar-refractivity contribution is 0.456. The van der Waals surface area contributed by atoms with E-state index in [9.17, 15) is 0 Å². The van der Waals surface area contributed by atoms with Gasteiger partial charge in [0.25, 0.3) is 0 Å². The van der Waals surface area contributed by atoms with Crippen molar-refractivity contribution >= 4 is 11.0 Å². The number of hydrogen-bond donors (Lipinski definition) is 0. The molecule has 0 amide bonds. The minimum absolute atomic E-state index is 0.216. The van der Waals surface area contributed by atoms with E-state index in [1.165, 1.54) is 11.1 Å². The summed E-state index contributed by atoms with van der Waals surface area (Å²) in [7, 11) is 0. The van der Waals surface area contributed by atoms with Gasteiger partial charge >= 0.3 is 0 Å². The van der Waals surface area contributed by atoms with Crippen LogP contribution in [-0.2, 0) is 0 Å². The van der Waals surface area contributed by atoms with Crippen molar-refractivity contribution in [1.29, 1.82) is 0 Å². The summed E-state index contributed by atoms with van der Waals surface area (Å²) in [6, 6.07) is 3.85. The van der Waals surface area contributed by atoms with Gasteiger partial charge in [0.15, 0.2) is 5.58 Å². The summed E-state index contributed by atoms with van der Waals surface area (Å²) in [5, 5.41) is 4.36. The minimum atomic E-state index is 0.216. The third-order valence-electron chi connectivity index (χ3n) is 1.91. The summed E-state index contributed by atoms with van der Waals surface area (Å²) in [4.78, 5) is 0. The number of aryl methyl sites for hydroxylation is 2. The van der Waals surface area contributed by atoms with Gasteiger partial charge in [-0.3, -0.25) is 0 Å². The molecule has 1 aromatic carbocycles. The number of fused-ring (bicyclic) bond motifs is 1. The normalized spacial score (nSPS) is 12.0. The first kappa shape index (κ1) is 5.35. The summed E-state index contributed by atoms with van der Waals surface area (Å²) in [6.45, 7) is 4.03. The lowest BCUT2D eigenvalue weighted by Gasteiger charge is -1.96. The molecule has 2 rings (SSSR count). The number of aromatic nitrogens is 1. The minimum Gasteiger partial charge on any atom is -0.356 e.